The number of nitrogens with one attached hydrogen (secondary N) is 1. The second kappa shape index (κ2) is 9.03. The molecular formula is C19H18N2O6S2. The van der Waals surface area contributed by atoms with Gasteiger partial charge in [-0.15, -0.1) is 11.3 Å². The van der Waals surface area contributed by atoms with Crippen molar-refractivity contribution >= 4 is 34.3 Å². The van der Waals surface area contributed by atoms with E-state index >= 15 is 0 Å². The number of hydrogen-bond donors (Lipinski definition) is 2. The summed E-state index contributed by atoms with van der Waals surface area (Å²) in [5.41, 5.74) is 0.316. The number of aliphatic hydroxyl groups is 1. The molecule has 0 bridgehead atoms. The number of amides is 1. The zero-order valence-corrected chi connectivity index (χ0v) is 17.2. The van der Waals surface area contributed by atoms with Crippen LogP contribution < -0.4 is 14.8 Å². The Morgan fingerprint density at radius 1 is 1.24 bits per heavy atom. The normalized spacial score (nSPS) is 11.7. The molecule has 0 aliphatic carbocycles. The highest BCUT2D eigenvalue weighted by Crippen LogP contribution is 2.34. The van der Waals surface area contributed by atoms with E-state index in [-0.39, 0.29) is 29.3 Å². The van der Waals surface area contributed by atoms with Crippen LogP contribution in [0.1, 0.15) is 31.8 Å². The number of benzene rings is 1. The molecule has 1 atom stereocenters. The molecule has 2 aromatic heterocycles. The van der Waals surface area contributed by atoms with Gasteiger partial charge < -0.3 is 19.9 Å². The Morgan fingerprint density at radius 3 is 2.59 bits per heavy atom. The number of aliphatic hydroxyl groups excluding tert-OH is 1. The highest BCUT2D eigenvalue weighted by molar-refractivity contribution is 7.12. The molecule has 0 aliphatic heterocycles. The second-order valence-corrected chi connectivity index (χ2v) is 7.91. The van der Waals surface area contributed by atoms with Crippen molar-refractivity contribution in [3.63, 3.8) is 0 Å². The highest BCUT2D eigenvalue weighted by atomic mass is 32.1. The molecule has 0 saturated carbocycles. The topological polar surface area (TPSA) is 111 Å². The molecule has 0 spiro atoms. The first-order chi connectivity index (χ1) is 13.9. The zero-order chi connectivity index (χ0) is 21.0. The van der Waals surface area contributed by atoms with E-state index in [0.717, 1.165) is 21.4 Å². The molecule has 2 heterocycles. The van der Waals surface area contributed by atoms with Gasteiger partial charge in [-0.25, -0.2) is 0 Å². The standard InChI is InChI=1S/C19H18N2O6S2/c1-26-15-7-13(14(21(24)25)8-16(15)27-2)19(23)20-9-12-3-4-17(29-12)18(22)11-5-6-28-10-11/h3-8,10,18,22H,9H2,1-2H3,(H,20,23). The number of methoxy groups -OCH3 is 2. The number of thiophene rings is 2. The fraction of sp³-hybridized carbons (Fsp3) is 0.211. The first kappa shape index (κ1) is 20.8. The molecule has 3 aromatic rings. The predicted molar refractivity (Wildman–Crippen MR) is 110 cm³/mol. The Bertz CT molecular complexity index is 1020. The number of rotatable bonds is 8. The van der Waals surface area contributed by atoms with Crippen LogP contribution in [0.25, 0.3) is 0 Å². The molecule has 1 unspecified atom stereocenters. The van der Waals surface area contributed by atoms with Crippen molar-refractivity contribution in [2.75, 3.05) is 14.2 Å². The van der Waals surface area contributed by atoms with Crippen LogP contribution in [0.4, 0.5) is 5.69 Å². The third kappa shape index (κ3) is 4.56. The third-order valence-electron chi connectivity index (χ3n) is 4.18. The molecular weight excluding hydrogens is 416 g/mol. The van der Waals surface area contributed by atoms with E-state index in [2.05, 4.69) is 5.32 Å². The molecule has 8 nitrogen and oxygen atoms in total. The summed E-state index contributed by atoms with van der Waals surface area (Å²) in [5, 5.41) is 28.2. The number of nitro groups is 1. The lowest BCUT2D eigenvalue weighted by Gasteiger charge is -2.10. The fourth-order valence-corrected chi connectivity index (χ4v) is 4.34. The lowest BCUT2D eigenvalue weighted by molar-refractivity contribution is -0.385. The zero-order valence-electron chi connectivity index (χ0n) is 15.6. The summed E-state index contributed by atoms with van der Waals surface area (Å²) in [6, 6.07) is 7.90. The number of nitro benzene ring substituents is 1. The van der Waals surface area contributed by atoms with Gasteiger partial charge in [0.2, 0.25) is 0 Å². The molecule has 0 fully saturated rings. The summed E-state index contributed by atoms with van der Waals surface area (Å²) in [6.45, 7) is 0.172. The Morgan fingerprint density at radius 2 is 1.97 bits per heavy atom. The average Bonchev–Trinajstić information content (AvgIpc) is 3.42. The molecule has 29 heavy (non-hydrogen) atoms. The van der Waals surface area contributed by atoms with Crippen molar-refractivity contribution in [2.24, 2.45) is 0 Å². The Hall–Kier alpha value is -2.95. The smallest absolute Gasteiger partial charge is 0.286 e. The van der Waals surface area contributed by atoms with Crippen molar-refractivity contribution in [1.82, 2.24) is 5.32 Å². The van der Waals surface area contributed by atoms with E-state index in [1.807, 2.05) is 16.8 Å². The van der Waals surface area contributed by atoms with Crippen molar-refractivity contribution in [3.8, 4) is 11.5 Å². The van der Waals surface area contributed by atoms with E-state index in [0.29, 0.717) is 0 Å². The van der Waals surface area contributed by atoms with Crippen LogP contribution in [0, 0.1) is 10.1 Å². The van der Waals surface area contributed by atoms with Crippen LogP contribution in [-0.2, 0) is 6.54 Å². The Balaban J connectivity index is 1.75. The van der Waals surface area contributed by atoms with Gasteiger partial charge in [-0.05, 0) is 34.5 Å². The van der Waals surface area contributed by atoms with Gasteiger partial charge in [-0.1, -0.05) is 0 Å². The summed E-state index contributed by atoms with van der Waals surface area (Å²) in [7, 11) is 2.75. The minimum absolute atomic E-state index is 0.122. The number of nitrogens with zero attached hydrogens (tertiary/aromatic N) is 1. The molecule has 10 heteroatoms. The molecule has 1 amide bonds. The monoisotopic (exact) mass is 434 g/mol. The van der Waals surface area contributed by atoms with Crippen LogP contribution in [0.15, 0.2) is 41.1 Å². The summed E-state index contributed by atoms with van der Waals surface area (Å²) >= 11 is 2.87. The van der Waals surface area contributed by atoms with Crippen LogP contribution in [0.3, 0.4) is 0 Å². The number of carbonyl (C=O) groups excluding carboxylic acids is 1. The SMILES string of the molecule is COc1cc(C(=O)NCc2ccc(C(O)c3ccsc3)s2)c([N+](=O)[O-])cc1OC. The minimum atomic E-state index is -0.720. The molecule has 0 radical (unpaired) electrons. The third-order valence-corrected chi connectivity index (χ3v) is 6.02. The highest BCUT2D eigenvalue weighted by Gasteiger charge is 2.24. The van der Waals surface area contributed by atoms with Gasteiger partial charge in [0.25, 0.3) is 11.6 Å². The first-order valence-corrected chi connectivity index (χ1v) is 10.2. The van der Waals surface area contributed by atoms with E-state index in [4.69, 9.17) is 9.47 Å². The van der Waals surface area contributed by atoms with Gasteiger partial charge >= 0.3 is 0 Å². The van der Waals surface area contributed by atoms with E-state index in [1.165, 1.54) is 43.0 Å². The second-order valence-electron chi connectivity index (χ2n) is 5.93. The van der Waals surface area contributed by atoms with Gasteiger partial charge in [-0.2, -0.15) is 11.3 Å². The maximum absolute atomic E-state index is 12.6. The van der Waals surface area contributed by atoms with Gasteiger partial charge in [0.15, 0.2) is 11.5 Å². The number of ether oxygens (including phenoxy) is 2. The molecule has 1 aromatic carbocycles. The molecule has 0 saturated heterocycles. The molecule has 0 aliphatic rings. The van der Waals surface area contributed by atoms with Crippen molar-refractivity contribution in [2.45, 2.75) is 12.6 Å². The first-order valence-electron chi connectivity index (χ1n) is 8.42. The molecule has 152 valence electrons. The van der Waals surface area contributed by atoms with Gasteiger partial charge in [0.1, 0.15) is 11.7 Å². The van der Waals surface area contributed by atoms with Gasteiger partial charge in [0.05, 0.1) is 31.8 Å². The summed E-state index contributed by atoms with van der Waals surface area (Å²) in [4.78, 5) is 24.9. The van der Waals surface area contributed by atoms with Gasteiger partial charge in [0, 0.05) is 15.8 Å². The van der Waals surface area contributed by atoms with Crippen molar-refractivity contribution in [1.29, 1.82) is 0 Å². The van der Waals surface area contributed by atoms with Crippen LogP contribution in [0.2, 0.25) is 0 Å². The van der Waals surface area contributed by atoms with E-state index in [9.17, 15) is 20.0 Å². The van der Waals surface area contributed by atoms with Crippen LogP contribution >= 0.6 is 22.7 Å². The van der Waals surface area contributed by atoms with E-state index < -0.39 is 16.9 Å². The Kier molecular flexibility index (Phi) is 6.47. The predicted octanol–water partition coefficient (Wildman–Crippen LogP) is 3.75. The minimum Gasteiger partial charge on any atom is -0.493 e. The number of hydrogen-bond acceptors (Lipinski definition) is 8. The lowest BCUT2D eigenvalue weighted by Crippen LogP contribution is -2.23. The number of carbonyl (C=O) groups is 1. The Labute approximate surface area is 174 Å². The quantitative estimate of drug-likeness (QED) is 0.413. The largest absolute Gasteiger partial charge is 0.493 e. The van der Waals surface area contributed by atoms with Crippen molar-refractivity contribution in [3.05, 3.63) is 72.1 Å². The summed E-state index contributed by atoms with van der Waals surface area (Å²) in [5.74, 6) is -0.215. The maximum Gasteiger partial charge on any atom is 0.286 e. The van der Waals surface area contributed by atoms with Gasteiger partial charge in [-0.3, -0.25) is 14.9 Å². The fourth-order valence-electron chi connectivity index (χ4n) is 2.70. The maximum atomic E-state index is 12.6. The summed E-state index contributed by atoms with van der Waals surface area (Å²) in [6.07, 6.45) is -0.720. The lowest BCUT2D eigenvalue weighted by atomic mass is 10.1. The van der Waals surface area contributed by atoms with Crippen LogP contribution in [0.5, 0.6) is 11.5 Å². The van der Waals surface area contributed by atoms with Crippen LogP contribution in [-0.4, -0.2) is 30.2 Å². The van der Waals surface area contributed by atoms with Crippen molar-refractivity contribution < 1.29 is 24.3 Å². The molecule has 2 N–H and O–H groups in total. The molecule has 3 rings (SSSR count). The van der Waals surface area contributed by atoms with E-state index in [1.54, 1.807) is 12.1 Å². The average molecular weight is 434 g/mol. The summed E-state index contributed by atoms with van der Waals surface area (Å²) < 4.78 is 10.2.